The van der Waals surface area contributed by atoms with E-state index >= 15 is 0 Å². The highest BCUT2D eigenvalue weighted by Crippen LogP contribution is 2.33. The van der Waals surface area contributed by atoms with E-state index in [1.807, 2.05) is 16.3 Å². The van der Waals surface area contributed by atoms with Gasteiger partial charge in [-0.25, -0.2) is 0 Å². The van der Waals surface area contributed by atoms with Gasteiger partial charge in [0, 0.05) is 38.9 Å². The van der Waals surface area contributed by atoms with E-state index in [9.17, 15) is 14.4 Å². The largest absolute Gasteiger partial charge is 0.490 e. The Morgan fingerprint density at radius 3 is 2.67 bits per heavy atom. The molecular weight excluding hydrogens is 480 g/mol. The molecule has 0 aliphatic carbocycles. The molecule has 0 unspecified atom stereocenters. The predicted octanol–water partition coefficient (Wildman–Crippen LogP) is 2.55. The van der Waals surface area contributed by atoms with Gasteiger partial charge in [-0.15, -0.1) is 11.3 Å². The Kier molecular flexibility index (Phi) is 7.27. The highest BCUT2D eigenvalue weighted by molar-refractivity contribution is 7.12. The number of hydrogen-bond acceptors (Lipinski definition) is 7. The van der Waals surface area contributed by atoms with Crippen LogP contribution in [0.2, 0.25) is 0 Å². The summed E-state index contributed by atoms with van der Waals surface area (Å²) in [6.07, 6.45) is 1.31. The minimum atomic E-state index is -0.315. The third-order valence-electron chi connectivity index (χ3n) is 7.27. The molecule has 1 aromatic heterocycles. The zero-order chi connectivity index (χ0) is 25.2. The molecule has 2 fully saturated rings. The lowest BCUT2D eigenvalue weighted by Crippen LogP contribution is -2.54. The van der Waals surface area contributed by atoms with E-state index in [0.29, 0.717) is 34.7 Å². The molecule has 4 heterocycles. The first-order chi connectivity index (χ1) is 17.4. The van der Waals surface area contributed by atoms with Crippen LogP contribution in [0.15, 0.2) is 35.7 Å². The van der Waals surface area contributed by atoms with Crippen LogP contribution in [-0.2, 0) is 9.53 Å². The van der Waals surface area contributed by atoms with Crippen molar-refractivity contribution in [2.45, 2.75) is 37.5 Å². The second-order valence-electron chi connectivity index (χ2n) is 9.70. The normalized spacial score (nSPS) is 24.7. The molecule has 10 heteroatoms. The van der Waals surface area contributed by atoms with Crippen LogP contribution in [0, 0.1) is 0 Å². The number of carbonyl (C=O) groups excluding carboxylic acids is 3. The van der Waals surface area contributed by atoms with Crippen molar-refractivity contribution >= 4 is 34.7 Å². The molecule has 3 atom stereocenters. The topological polar surface area (TPSA) is 91.4 Å². The van der Waals surface area contributed by atoms with E-state index in [0.717, 1.165) is 32.6 Å². The first kappa shape index (κ1) is 24.7. The number of hydrogen-bond donors (Lipinski definition) is 1. The Balaban J connectivity index is 1.25. The van der Waals surface area contributed by atoms with Crippen LogP contribution in [0.25, 0.3) is 0 Å². The average molecular weight is 513 g/mol. The number of thiophene rings is 1. The maximum atomic E-state index is 13.4. The van der Waals surface area contributed by atoms with Crippen LogP contribution in [0.4, 0.5) is 5.69 Å². The monoisotopic (exact) mass is 512 g/mol. The van der Waals surface area contributed by atoms with Crippen LogP contribution < -0.4 is 10.1 Å². The van der Waals surface area contributed by atoms with Gasteiger partial charge in [-0.05, 0) is 49.5 Å². The summed E-state index contributed by atoms with van der Waals surface area (Å²) in [6, 6.07) is 8.54. The fourth-order valence-corrected chi connectivity index (χ4v) is 5.70. The summed E-state index contributed by atoms with van der Waals surface area (Å²) in [5, 5.41) is 4.70. The number of carbonyl (C=O) groups is 3. The standard InChI is InChI=1S/C26H32N4O5S/c1-28-9-11-30(12-10-28)24(31)15-18-6-7-20-22(35-18)16-34-21-8-5-17(14-19(21)26(33)29(20)2)27-25(32)23-4-3-13-36-23/h3-5,8,13-14,18,20,22H,6-7,9-12,15-16H2,1-2H3,(H,27,32)/t18-,20-,22-/m1/s1. The number of ether oxygens (including phenoxy) is 2. The molecule has 3 aliphatic heterocycles. The quantitative estimate of drug-likeness (QED) is 0.677. The number of fused-ring (bicyclic) bond motifs is 2. The lowest BCUT2D eigenvalue weighted by Gasteiger charge is -2.42. The van der Waals surface area contributed by atoms with Crippen molar-refractivity contribution in [1.82, 2.24) is 14.7 Å². The van der Waals surface area contributed by atoms with Crippen molar-refractivity contribution < 1.29 is 23.9 Å². The smallest absolute Gasteiger partial charge is 0.265 e. The molecule has 3 aliphatic rings. The molecule has 0 radical (unpaired) electrons. The van der Waals surface area contributed by atoms with Crippen molar-refractivity contribution in [3.05, 3.63) is 46.2 Å². The molecule has 0 saturated carbocycles. The van der Waals surface area contributed by atoms with Gasteiger partial charge >= 0.3 is 0 Å². The summed E-state index contributed by atoms with van der Waals surface area (Å²) in [4.78, 5) is 45.2. The lowest BCUT2D eigenvalue weighted by atomic mass is 9.94. The highest BCUT2D eigenvalue weighted by atomic mass is 32.1. The van der Waals surface area contributed by atoms with Crippen LogP contribution in [0.3, 0.4) is 0 Å². The molecule has 2 aromatic rings. The Labute approximate surface area is 214 Å². The summed E-state index contributed by atoms with van der Waals surface area (Å²) in [5.41, 5.74) is 0.948. The molecule has 9 nitrogen and oxygen atoms in total. The molecule has 2 saturated heterocycles. The van der Waals surface area contributed by atoms with E-state index in [4.69, 9.17) is 9.47 Å². The van der Waals surface area contributed by atoms with E-state index in [1.54, 1.807) is 36.2 Å². The van der Waals surface area contributed by atoms with Crippen molar-refractivity contribution in [2.75, 3.05) is 52.2 Å². The first-order valence-electron chi connectivity index (χ1n) is 12.4. The van der Waals surface area contributed by atoms with Crippen LogP contribution in [-0.4, -0.2) is 97.6 Å². The fraction of sp³-hybridized carbons (Fsp3) is 0.500. The number of rotatable bonds is 4. The summed E-state index contributed by atoms with van der Waals surface area (Å²) < 4.78 is 12.4. The molecule has 36 heavy (non-hydrogen) atoms. The zero-order valence-corrected chi connectivity index (χ0v) is 21.5. The maximum Gasteiger partial charge on any atom is 0.265 e. The van der Waals surface area contributed by atoms with Crippen molar-refractivity contribution in [2.24, 2.45) is 0 Å². The summed E-state index contributed by atoms with van der Waals surface area (Å²) in [6.45, 7) is 3.57. The Hall–Kier alpha value is -2.95. The maximum absolute atomic E-state index is 13.4. The molecule has 3 amide bonds. The van der Waals surface area contributed by atoms with Gasteiger partial charge in [0.1, 0.15) is 18.5 Å². The third-order valence-corrected chi connectivity index (χ3v) is 8.14. The second kappa shape index (κ2) is 10.6. The van der Waals surface area contributed by atoms with E-state index < -0.39 is 0 Å². The average Bonchev–Trinajstić information content (AvgIpc) is 3.42. The lowest BCUT2D eigenvalue weighted by molar-refractivity contribution is -0.144. The van der Waals surface area contributed by atoms with E-state index in [2.05, 4.69) is 17.3 Å². The van der Waals surface area contributed by atoms with E-state index in [-0.39, 0.29) is 42.6 Å². The Bertz CT molecular complexity index is 1120. The molecule has 0 bridgehead atoms. The number of benzene rings is 1. The molecule has 1 N–H and O–H groups in total. The van der Waals surface area contributed by atoms with Gasteiger partial charge in [-0.1, -0.05) is 6.07 Å². The van der Waals surface area contributed by atoms with Crippen LogP contribution >= 0.6 is 11.3 Å². The van der Waals surface area contributed by atoms with Crippen LogP contribution in [0.1, 0.15) is 39.3 Å². The Morgan fingerprint density at radius 1 is 1.11 bits per heavy atom. The third kappa shape index (κ3) is 5.25. The first-order valence-corrected chi connectivity index (χ1v) is 13.3. The van der Waals surface area contributed by atoms with Gasteiger partial charge in [0.2, 0.25) is 5.91 Å². The van der Waals surface area contributed by atoms with Gasteiger partial charge in [0.05, 0.1) is 29.0 Å². The fourth-order valence-electron chi connectivity index (χ4n) is 5.09. The van der Waals surface area contributed by atoms with Crippen LogP contribution in [0.5, 0.6) is 5.75 Å². The second-order valence-corrected chi connectivity index (χ2v) is 10.6. The summed E-state index contributed by atoms with van der Waals surface area (Å²) in [5.74, 6) is 0.196. The van der Waals surface area contributed by atoms with Gasteiger partial charge in [-0.3, -0.25) is 14.4 Å². The zero-order valence-electron chi connectivity index (χ0n) is 20.6. The number of amides is 3. The number of likely N-dealkylation sites (N-methyl/N-ethyl adjacent to an activating group) is 2. The van der Waals surface area contributed by atoms with Crippen molar-refractivity contribution in [3.63, 3.8) is 0 Å². The van der Waals surface area contributed by atoms with Gasteiger partial charge in [-0.2, -0.15) is 0 Å². The number of nitrogens with zero attached hydrogens (tertiary/aromatic N) is 3. The minimum absolute atomic E-state index is 0.130. The molecule has 5 rings (SSSR count). The molecular formula is C26H32N4O5S. The SMILES string of the molecule is CN1CCN(C(=O)C[C@H]2CC[C@@H]3[C@@H](COc4ccc(NC(=O)c5cccs5)cc4C(=O)N3C)O2)CC1. The minimum Gasteiger partial charge on any atom is -0.490 e. The molecule has 192 valence electrons. The summed E-state index contributed by atoms with van der Waals surface area (Å²) in [7, 11) is 3.85. The van der Waals surface area contributed by atoms with Crippen molar-refractivity contribution in [3.8, 4) is 5.75 Å². The molecule has 0 spiro atoms. The summed E-state index contributed by atoms with van der Waals surface area (Å²) >= 11 is 1.36. The number of nitrogens with one attached hydrogen (secondary N) is 1. The van der Waals surface area contributed by atoms with Gasteiger partial charge in [0.15, 0.2) is 0 Å². The van der Waals surface area contributed by atoms with Gasteiger partial charge in [0.25, 0.3) is 11.8 Å². The van der Waals surface area contributed by atoms with Gasteiger partial charge < -0.3 is 29.5 Å². The predicted molar refractivity (Wildman–Crippen MR) is 137 cm³/mol. The number of piperazine rings is 1. The molecule has 1 aromatic carbocycles. The van der Waals surface area contributed by atoms with Crippen molar-refractivity contribution in [1.29, 1.82) is 0 Å². The van der Waals surface area contributed by atoms with E-state index in [1.165, 1.54) is 11.3 Å². The Morgan fingerprint density at radius 2 is 1.92 bits per heavy atom. The number of anilines is 1. The highest BCUT2D eigenvalue weighted by Gasteiger charge is 2.39.